The molecule has 0 spiro atoms. The van der Waals surface area contributed by atoms with E-state index in [9.17, 15) is 4.79 Å². The monoisotopic (exact) mass is 436 g/mol. The molecule has 1 aliphatic heterocycles. The van der Waals surface area contributed by atoms with Crippen molar-refractivity contribution in [2.75, 3.05) is 41.7 Å². The van der Waals surface area contributed by atoms with Gasteiger partial charge < -0.3 is 10.2 Å². The number of nitrogens with one attached hydrogen (secondary N) is 2. The molecule has 4 rings (SSSR count). The van der Waals surface area contributed by atoms with E-state index in [1.54, 1.807) is 18.2 Å². The normalized spacial score (nSPS) is 14.3. The van der Waals surface area contributed by atoms with Crippen LogP contribution in [0.4, 0.5) is 22.1 Å². The number of carbonyl (C=O) groups is 1. The molecule has 0 radical (unpaired) electrons. The number of urea groups is 1. The number of rotatable bonds is 5. The summed E-state index contributed by atoms with van der Waals surface area (Å²) in [4.78, 5) is 25.6. The van der Waals surface area contributed by atoms with Crippen LogP contribution in [0.1, 0.15) is 11.1 Å². The standard InChI is InChI=1S/C23H25ClN6O/c1-17-7-8-19(13-20(17)24)27-23(31)28-21-14-22(26-16-25-21)30-11-9-29(10-12-30)15-18-5-3-2-4-6-18/h2-8,13-14,16H,9-12,15H2,1H3,(H2,25,26,27,28,31). The van der Waals surface area contributed by atoms with Gasteiger partial charge in [-0.3, -0.25) is 10.2 Å². The smallest absolute Gasteiger partial charge is 0.324 e. The molecule has 1 aliphatic rings. The van der Waals surface area contributed by atoms with Gasteiger partial charge in [0.15, 0.2) is 0 Å². The first kappa shape index (κ1) is 21.1. The second-order valence-corrected chi connectivity index (χ2v) is 7.96. The third-order valence-corrected chi connectivity index (χ3v) is 5.68. The van der Waals surface area contributed by atoms with Gasteiger partial charge in [-0.1, -0.05) is 48.0 Å². The van der Waals surface area contributed by atoms with Crippen LogP contribution in [0.2, 0.25) is 5.02 Å². The van der Waals surface area contributed by atoms with Gasteiger partial charge in [0.05, 0.1) is 0 Å². The van der Waals surface area contributed by atoms with E-state index in [4.69, 9.17) is 11.6 Å². The molecule has 2 heterocycles. The first-order valence-corrected chi connectivity index (χ1v) is 10.6. The van der Waals surface area contributed by atoms with Crippen LogP contribution < -0.4 is 15.5 Å². The fourth-order valence-corrected chi connectivity index (χ4v) is 3.69. The molecular formula is C23H25ClN6O. The maximum absolute atomic E-state index is 12.3. The Morgan fingerprint density at radius 1 is 1.00 bits per heavy atom. The Morgan fingerprint density at radius 2 is 1.77 bits per heavy atom. The number of aromatic nitrogens is 2. The molecule has 2 aromatic carbocycles. The van der Waals surface area contributed by atoms with Gasteiger partial charge in [0.1, 0.15) is 18.0 Å². The summed E-state index contributed by atoms with van der Waals surface area (Å²) in [5, 5.41) is 6.14. The van der Waals surface area contributed by atoms with E-state index in [1.165, 1.54) is 11.9 Å². The fourth-order valence-electron chi connectivity index (χ4n) is 3.51. The number of aryl methyl sites for hydroxylation is 1. The highest BCUT2D eigenvalue weighted by Crippen LogP contribution is 2.21. The van der Waals surface area contributed by atoms with Crippen LogP contribution in [0, 0.1) is 6.92 Å². The summed E-state index contributed by atoms with van der Waals surface area (Å²) in [6.45, 7) is 6.52. The van der Waals surface area contributed by atoms with Gasteiger partial charge in [0.2, 0.25) is 0 Å². The number of benzene rings is 2. The lowest BCUT2D eigenvalue weighted by Crippen LogP contribution is -2.46. The van der Waals surface area contributed by atoms with Crippen molar-refractivity contribution in [2.45, 2.75) is 13.5 Å². The molecule has 0 aliphatic carbocycles. The van der Waals surface area contributed by atoms with Crippen LogP contribution in [0.15, 0.2) is 60.9 Å². The molecule has 2 N–H and O–H groups in total. The maximum Gasteiger partial charge on any atom is 0.324 e. The van der Waals surface area contributed by atoms with Crippen LogP contribution in [0.5, 0.6) is 0 Å². The zero-order valence-electron chi connectivity index (χ0n) is 17.4. The van der Waals surface area contributed by atoms with Crippen molar-refractivity contribution in [2.24, 2.45) is 0 Å². The highest BCUT2D eigenvalue weighted by molar-refractivity contribution is 6.31. The summed E-state index contributed by atoms with van der Waals surface area (Å²) >= 11 is 6.12. The minimum Gasteiger partial charge on any atom is -0.354 e. The molecule has 0 unspecified atom stereocenters. The molecule has 0 saturated carbocycles. The van der Waals surface area contributed by atoms with Gasteiger partial charge in [-0.05, 0) is 30.2 Å². The number of halogens is 1. The van der Waals surface area contributed by atoms with Crippen molar-refractivity contribution in [3.05, 3.63) is 77.1 Å². The molecule has 1 fully saturated rings. The van der Waals surface area contributed by atoms with Crippen molar-refractivity contribution < 1.29 is 4.79 Å². The summed E-state index contributed by atoms with van der Waals surface area (Å²) in [6, 6.07) is 17.3. The lowest BCUT2D eigenvalue weighted by atomic mass is 10.2. The van der Waals surface area contributed by atoms with E-state index in [-0.39, 0.29) is 6.03 Å². The highest BCUT2D eigenvalue weighted by Gasteiger charge is 2.19. The summed E-state index contributed by atoms with van der Waals surface area (Å²) in [5.41, 5.74) is 2.90. The zero-order chi connectivity index (χ0) is 21.6. The number of piperazine rings is 1. The predicted octanol–water partition coefficient (Wildman–Crippen LogP) is 4.40. The Balaban J connectivity index is 1.32. The van der Waals surface area contributed by atoms with Gasteiger partial charge in [-0.25, -0.2) is 14.8 Å². The quantitative estimate of drug-likeness (QED) is 0.620. The lowest BCUT2D eigenvalue weighted by Gasteiger charge is -2.35. The minimum absolute atomic E-state index is 0.378. The largest absolute Gasteiger partial charge is 0.354 e. The molecule has 0 bridgehead atoms. The highest BCUT2D eigenvalue weighted by atomic mass is 35.5. The van der Waals surface area contributed by atoms with Crippen LogP contribution >= 0.6 is 11.6 Å². The number of nitrogens with zero attached hydrogens (tertiary/aromatic N) is 4. The molecule has 0 atom stereocenters. The minimum atomic E-state index is -0.378. The number of carbonyl (C=O) groups excluding carboxylic acids is 1. The lowest BCUT2D eigenvalue weighted by molar-refractivity contribution is 0.249. The van der Waals surface area contributed by atoms with Crippen molar-refractivity contribution in [1.82, 2.24) is 14.9 Å². The third-order valence-electron chi connectivity index (χ3n) is 5.27. The summed E-state index contributed by atoms with van der Waals surface area (Å²) in [7, 11) is 0. The number of hydrogen-bond donors (Lipinski definition) is 2. The second-order valence-electron chi connectivity index (χ2n) is 7.55. The number of amides is 2. The van der Waals surface area contributed by atoms with Crippen molar-refractivity contribution in [1.29, 1.82) is 0 Å². The molecule has 3 aromatic rings. The summed E-state index contributed by atoms with van der Waals surface area (Å²) < 4.78 is 0. The van der Waals surface area contributed by atoms with E-state index in [0.29, 0.717) is 16.5 Å². The molecule has 1 saturated heterocycles. The Kier molecular flexibility index (Phi) is 6.64. The number of hydrogen-bond acceptors (Lipinski definition) is 5. The van der Waals surface area contributed by atoms with Crippen LogP contribution in [0.25, 0.3) is 0 Å². The summed E-state index contributed by atoms with van der Waals surface area (Å²) in [6.07, 6.45) is 1.48. The van der Waals surface area contributed by atoms with E-state index >= 15 is 0 Å². The van der Waals surface area contributed by atoms with Gasteiger partial charge in [-0.15, -0.1) is 0 Å². The first-order chi connectivity index (χ1) is 15.1. The average molecular weight is 437 g/mol. The van der Waals surface area contributed by atoms with Crippen molar-refractivity contribution >= 4 is 35.0 Å². The fraction of sp³-hybridized carbons (Fsp3) is 0.261. The summed E-state index contributed by atoms with van der Waals surface area (Å²) in [5.74, 6) is 1.26. The first-order valence-electron chi connectivity index (χ1n) is 10.2. The molecule has 160 valence electrons. The molecule has 2 amide bonds. The topological polar surface area (TPSA) is 73.4 Å². The third kappa shape index (κ3) is 5.71. The molecule has 7 nitrogen and oxygen atoms in total. The van der Waals surface area contributed by atoms with Gasteiger partial charge in [0.25, 0.3) is 0 Å². The SMILES string of the molecule is Cc1ccc(NC(=O)Nc2cc(N3CCN(Cc4ccccc4)CC3)ncn2)cc1Cl. The molecule has 8 heteroatoms. The number of anilines is 3. The van der Waals surface area contributed by atoms with Gasteiger partial charge in [-0.2, -0.15) is 0 Å². The molecule has 31 heavy (non-hydrogen) atoms. The Hall–Kier alpha value is -3.16. The van der Waals surface area contributed by atoms with Crippen molar-refractivity contribution in [3.63, 3.8) is 0 Å². The van der Waals surface area contributed by atoms with Crippen LogP contribution in [-0.2, 0) is 6.54 Å². The maximum atomic E-state index is 12.3. The Bertz CT molecular complexity index is 1040. The van der Waals surface area contributed by atoms with Crippen molar-refractivity contribution in [3.8, 4) is 0 Å². The predicted molar refractivity (Wildman–Crippen MR) is 125 cm³/mol. The Morgan fingerprint density at radius 3 is 2.52 bits per heavy atom. The van der Waals surface area contributed by atoms with Crippen LogP contribution in [0.3, 0.4) is 0 Å². The Labute approximate surface area is 187 Å². The van der Waals surface area contributed by atoms with Gasteiger partial charge >= 0.3 is 6.03 Å². The molecule has 1 aromatic heterocycles. The van der Waals surface area contributed by atoms with E-state index in [1.807, 2.05) is 19.1 Å². The second kappa shape index (κ2) is 9.76. The average Bonchev–Trinajstić information content (AvgIpc) is 2.78. The van der Waals surface area contributed by atoms with E-state index in [0.717, 1.165) is 44.1 Å². The van der Waals surface area contributed by atoms with E-state index in [2.05, 4.69) is 54.7 Å². The van der Waals surface area contributed by atoms with Crippen LogP contribution in [-0.4, -0.2) is 47.1 Å². The molecular weight excluding hydrogens is 412 g/mol. The zero-order valence-corrected chi connectivity index (χ0v) is 18.1. The van der Waals surface area contributed by atoms with Gasteiger partial charge in [0, 0.05) is 49.5 Å². The van der Waals surface area contributed by atoms with E-state index < -0.39 is 0 Å².